The minimum atomic E-state index is 0.783. The molecule has 3 rings (SSSR count). The van der Waals surface area contributed by atoms with Crippen molar-refractivity contribution in [2.24, 2.45) is 0 Å². The van der Waals surface area contributed by atoms with E-state index in [2.05, 4.69) is 25.2 Å². The average Bonchev–Trinajstić information content (AvgIpc) is 2.94. The normalized spacial score (nSPS) is 14.8. The first-order chi connectivity index (χ1) is 8.92. The summed E-state index contributed by atoms with van der Waals surface area (Å²) in [6.07, 6.45) is 5.84. The molecule has 0 aromatic carbocycles. The largest absolute Gasteiger partial charge is 0.356 e. The van der Waals surface area contributed by atoms with Gasteiger partial charge >= 0.3 is 0 Å². The van der Waals surface area contributed by atoms with Crippen molar-refractivity contribution < 1.29 is 0 Å². The average molecular weight is 241 g/mol. The minimum Gasteiger partial charge on any atom is -0.356 e. The molecule has 5 heteroatoms. The fraction of sp³-hybridized carbons (Fsp3) is 0.308. The molecule has 0 radical (unpaired) electrons. The molecule has 1 fully saturated rings. The fourth-order valence-corrected chi connectivity index (χ4v) is 2.10. The standard InChI is InChI=1S/C13H15N5/c1-2-6-14-11(5-1)17-12-9-13(16-10-15-12)18-7-3-4-8-18/h1-2,5-6,9-10H,3-4,7-8H2,(H,14,15,16,17). The molecule has 0 atom stereocenters. The van der Waals surface area contributed by atoms with Crippen molar-refractivity contribution >= 4 is 17.5 Å². The van der Waals surface area contributed by atoms with Gasteiger partial charge in [-0.25, -0.2) is 15.0 Å². The summed E-state index contributed by atoms with van der Waals surface area (Å²) in [5.41, 5.74) is 0. The summed E-state index contributed by atoms with van der Waals surface area (Å²) in [5, 5.41) is 3.18. The fourth-order valence-electron chi connectivity index (χ4n) is 2.10. The molecule has 0 saturated carbocycles. The molecule has 1 aliphatic rings. The lowest BCUT2D eigenvalue weighted by atomic mass is 10.4. The number of nitrogens with zero attached hydrogens (tertiary/aromatic N) is 4. The number of nitrogens with one attached hydrogen (secondary N) is 1. The van der Waals surface area contributed by atoms with E-state index in [4.69, 9.17) is 0 Å². The van der Waals surface area contributed by atoms with Crippen molar-refractivity contribution in [3.63, 3.8) is 0 Å². The van der Waals surface area contributed by atoms with Crippen LogP contribution in [0.4, 0.5) is 17.5 Å². The number of aromatic nitrogens is 3. The zero-order valence-electron chi connectivity index (χ0n) is 10.1. The van der Waals surface area contributed by atoms with Gasteiger partial charge < -0.3 is 10.2 Å². The highest BCUT2D eigenvalue weighted by molar-refractivity contribution is 5.56. The van der Waals surface area contributed by atoms with Crippen LogP contribution in [0.15, 0.2) is 36.8 Å². The van der Waals surface area contributed by atoms with Crippen LogP contribution in [-0.4, -0.2) is 28.0 Å². The zero-order chi connectivity index (χ0) is 12.2. The zero-order valence-corrected chi connectivity index (χ0v) is 10.1. The molecule has 2 aromatic heterocycles. The molecule has 1 N–H and O–H groups in total. The van der Waals surface area contributed by atoms with Gasteiger partial charge in [-0.2, -0.15) is 0 Å². The Morgan fingerprint density at radius 3 is 2.67 bits per heavy atom. The number of hydrogen-bond acceptors (Lipinski definition) is 5. The van der Waals surface area contributed by atoms with E-state index < -0.39 is 0 Å². The quantitative estimate of drug-likeness (QED) is 0.893. The highest BCUT2D eigenvalue weighted by atomic mass is 15.2. The van der Waals surface area contributed by atoms with E-state index in [1.165, 1.54) is 12.8 Å². The molecule has 3 heterocycles. The van der Waals surface area contributed by atoms with Crippen LogP contribution in [0.25, 0.3) is 0 Å². The number of rotatable bonds is 3. The smallest absolute Gasteiger partial charge is 0.137 e. The Morgan fingerprint density at radius 2 is 1.89 bits per heavy atom. The molecule has 0 bridgehead atoms. The van der Waals surface area contributed by atoms with Crippen LogP contribution in [0, 0.1) is 0 Å². The van der Waals surface area contributed by atoms with Crippen LogP contribution in [0.2, 0.25) is 0 Å². The summed E-state index contributed by atoms with van der Waals surface area (Å²) in [7, 11) is 0. The second-order valence-electron chi connectivity index (χ2n) is 4.30. The molecule has 5 nitrogen and oxygen atoms in total. The van der Waals surface area contributed by atoms with Gasteiger partial charge in [0.2, 0.25) is 0 Å². The predicted octanol–water partition coefficient (Wildman–Crippen LogP) is 2.22. The van der Waals surface area contributed by atoms with Gasteiger partial charge in [-0.3, -0.25) is 0 Å². The van der Waals surface area contributed by atoms with Gasteiger partial charge in [-0.1, -0.05) is 6.07 Å². The second kappa shape index (κ2) is 5.00. The van der Waals surface area contributed by atoms with Crippen molar-refractivity contribution in [3.8, 4) is 0 Å². The van der Waals surface area contributed by atoms with E-state index in [-0.39, 0.29) is 0 Å². The summed E-state index contributed by atoms with van der Waals surface area (Å²) < 4.78 is 0. The molecule has 0 spiro atoms. The Balaban J connectivity index is 1.78. The van der Waals surface area contributed by atoms with Crippen LogP contribution >= 0.6 is 0 Å². The number of anilines is 3. The maximum absolute atomic E-state index is 4.32. The van der Waals surface area contributed by atoms with Crippen molar-refractivity contribution in [2.45, 2.75) is 12.8 Å². The van der Waals surface area contributed by atoms with Crippen molar-refractivity contribution in [3.05, 3.63) is 36.8 Å². The topological polar surface area (TPSA) is 53.9 Å². The van der Waals surface area contributed by atoms with Crippen LogP contribution in [0.5, 0.6) is 0 Å². The first-order valence-electron chi connectivity index (χ1n) is 6.17. The van der Waals surface area contributed by atoms with E-state index in [9.17, 15) is 0 Å². The van der Waals surface area contributed by atoms with Crippen LogP contribution < -0.4 is 10.2 Å². The van der Waals surface area contributed by atoms with Crippen LogP contribution in [-0.2, 0) is 0 Å². The molecule has 0 unspecified atom stereocenters. The Labute approximate surface area is 106 Å². The Hall–Kier alpha value is -2.17. The minimum absolute atomic E-state index is 0.783. The van der Waals surface area contributed by atoms with E-state index in [1.54, 1.807) is 12.5 Å². The highest BCUT2D eigenvalue weighted by Gasteiger charge is 2.13. The van der Waals surface area contributed by atoms with Crippen LogP contribution in [0.1, 0.15) is 12.8 Å². The predicted molar refractivity (Wildman–Crippen MR) is 71.0 cm³/mol. The van der Waals surface area contributed by atoms with Crippen molar-refractivity contribution in [1.82, 2.24) is 15.0 Å². The van der Waals surface area contributed by atoms with E-state index in [1.807, 2.05) is 24.3 Å². The van der Waals surface area contributed by atoms with Crippen molar-refractivity contribution in [2.75, 3.05) is 23.3 Å². The first-order valence-corrected chi connectivity index (χ1v) is 6.17. The van der Waals surface area contributed by atoms with Gasteiger partial charge in [0.05, 0.1) is 0 Å². The number of pyridine rings is 1. The second-order valence-corrected chi connectivity index (χ2v) is 4.30. The lowest BCUT2D eigenvalue weighted by Gasteiger charge is -2.16. The van der Waals surface area contributed by atoms with E-state index >= 15 is 0 Å². The Kier molecular flexibility index (Phi) is 3.04. The van der Waals surface area contributed by atoms with Gasteiger partial charge in [-0.05, 0) is 25.0 Å². The molecular formula is C13H15N5. The first kappa shape index (κ1) is 11.0. The highest BCUT2D eigenvalue weighted by Crippen LogP contribution is 2.20. The summed E-state index contributed by atoms with van der Waals surface area (Å²) >= 11 is 0. The maximum Gasteiger partial charge on any atom is 0.137 e. The lowest BCUT2D eigenvalue weighted by molar-refractivity contribution is 0.928. The van der Waals surface area contributed by atoms with Crippen molar-refractivity contribution in [1.29, 1.82) is 0 Å². The van der Waals surface area contributed by atoms with Crippen LogP contribution in [0.3, 0.4) is 0 Å². The molecule has 18 heavy (non-hydrogen) atoms. The molecule has 92 valence electrons. The SMILES string of the molecule is c1ccc(Nc2cc(N3CCCC3)ncn2)nc1. The Morgan fingerprint density at radius 1 is 1.00 bits per heavy atom. The third-order valence-corrected chi connectivity index (χ3v) is 3.00. The van der Waals surface area contributed by atoms with Gasteiger partial charge in [-0.15, -0.1) is 0 Å². The summed E-state index contributed by atoms with van der Waals surface area (Å²) in [6.45, 7) is 2.17. The maximum atomic E-state index is 4.32. The van der Waals surface area contributed by atoms with E-state index in [0.29, 0.717) is 0 Å². The lowest BCUT2D eigenvalue weighted by Crippen LogP contribution is -2.19. The summed E-state index contributed by atoms with van der Waals surface area (Å²) in [6, 6.07) is 7.72. The third kappa shape index (κ3) is 2.40. The monoisotopic (exact) mass is 241 g/mol. The van der Waals surface area contributed by atoms with Gasteiger partial charge in [0.1, 0.15) is 23.8 Å². The van der Waals surface area contributed by atoms with Gasteiger partial charge in [0.15, 0.2) is 0 Å². The third-order valence-electron chi connectivity index (χ3n) is 3.00. The molecule has 0 amide bonds. The summed E-state index contributed by atoms with van der Waals surface area (Å²) in [4.78, 5) is 15.0. The number of hydrogen-bond donors (Lipinski definition) is 1. The molecule has 1 aliphatic heterocycles. The molecular weight excluding hydrogens is 226 g/mol. The molecule has 1 saturated heterocycles. The molecule has 0 aliphatic carbocycles. The van der Waals surface area contributed by atoms with Gasteiger partial charge in [0, 0.05) is 25.4 Å². The summed E-state index contributed by atoms with van der Waals surface area (Å²) in [5.74, 6) is 2.56. The van der Waals surface area contributed by atoms with Gasteiger partial charge in [0.25, 0.3) is 0 Å². The van der Waals surface area contributed by atoms with E-state index in [0.717, 1.165) is 30.5 Å². The Bertz CT molecular complexity index is 508. The molecule has 2 aromatic rings.